The van der Waals surface area contributed by atoms with Gasteiger partial charge >= 0.3 is 5.97 Å². The first kappa shape index (κ1) is 12.0. The Morgan fingerprint density at radius 3 is 3.06 bits per heavy atom. The maximum Gasteiger partial charge on any atom is 0.353 e. The summed E-state index contributed by atoms with van der Waals surface area (Å²) >= 11 is 0. The van der Waals surface area contributed by atoms with E-state index in [9.17, 15) is 9.59 Å². The Labute approximate surface area is 101 Å². The predicted octanol–water partition coefficient (Wildman–Crippen LogP) is -1.38. The molecule has 2 rings (SSSR count). The lowest BCUT2D eigenvalue weighted by molar-refractivity contribution is -0.131. The molecule has 1 unspecified atom stereocenters. The summed E-state index contributed by atoms with van der Waals surface area (Å²) in [7, 11) is 0. The zero-order valence-corrected chi connectivity index (χ0v) is 9.31. The van der Waals surface area contributed by atoms with Crippen LogP contribution < -0.4 is 5.32 Å². The van der Waals surface area contributed by atoms with Crippen molar-refractivity contribution < 1.29 is 19.5 Å². The van der Waals surface area contributed by atoms with E-state index in [0.29, 0.717) is 13.1 Å². The molecule has 2 heterocycles. The Morgan fingerprint density at radius 1 is 1.61 bits per heavy atom. The van der Waals surface area contributed by atoms with Crippen LogP contribution in [0.5, 0.6) is 0 Å². The largest absolute Gasteiger partial charge is 0.477 e. The van der Waals surface area contributed by atoms with Gasteiger partial charge in [0, 0.05) is 19.2 Å². The van der Waals surface area contributed by atoms with Gasteiger partial charge in [0.1, 0.15) is 0 Å². The van der Waals surface area contributed by atoms with Gasteiger partial charge in [0.05, 0.1) is 12.7 Å². The predicted molar refractivity (Wildman–Crippen MR) is 57.6 cm³/mol. The van der Waals surface area contributed by atoms with E-state index in [1.807, 2.05) is 0 Å². The fourth-order valence-corrected chi connectivity index (χ4v) is 1.40. The van der Waals surface area contributed by atoms with E-state index in [2.05, 4.69) is 20.8 Å². The molecule has 0 aliphatic carbocycles. The molecule has 1 atom stereocenters. The molecule has 9 heteroatoms. The third-order valence-electron chi connectivity index (χ3n) is 2.32. The third kappa shape index (κ3) is 2.81. The number of aromatic nitrogens is 3. The molecule has 0 spiro atoms. The van der Waals surface area contributed by atoms with Crippen molar-refractivity contribution in [2.75, 3.05) is 6.54 Å². The highest BCUT2D eigenvalue weighted by molar-refractivity contribution is 6.36. The molecule has 1 aromatic heterocycles. The first-order chi connectivity index (χ1) is 8.66. The summed E-state index contributed by atoms with van der Waals surface area (Å²) in [6.45, 7) is 0.829. The third-order valence-corrected chi connectivity index (χ3v) is 2.32. The molecule has 1 aliphatic heterocycles. The summed E-state index contributed by atoms with van der Waals surface area (Å²) in [5.74, 6) is -1.57. The number of nitrogens with zero attached hydrogens (tertiary/aromatic N) is 4. The zero-order chi connectivity index (χ0) is 13.0. The maximum absolute atomic E-state index is 11.6. The molecule has 0 radical (unpaired) electrons. The van der Waals surface area contributed by atoms with Gasteiger partial charge in [-0.05, 0) is 0 Å². The van der Waals surface area contributed by atoms with Gasteiger partial charge in [-0.3, -0.25) is 9.48 Å². The van der Waals surface area contributed by atoms with Crippen molar-refractivity contribution >= 4 is 17.6 Å². The number of carboxylic acids is 1. The number of carbonyl (C=O) groups is 2. The molecule has 0 aromatic carbocycles. The Bertz CT molecular complexity index is 469. The summed E-state index contributed by atoms with van der Waals surface area (Å²) < 4.78 is 1.56. The highest BCUT2D eigenvalue weighted by atomic mass is 16.6. The van der Waals surface area contributed by atoms with Gasteiger partial charge in [0.25, 0.3) is 5.91 Å². The molecule has 1 aromatic rings. The molecule has 0 saturated carbocycles. The number of rotatable bonds is 5. The maximum atomic E-state index is 11.6. The lowest BCUT2D eigenvalue weighted by atomic mass is 10.2. The van der Waals surface area contributed by atoms with Crippen LogP contribution in [0, 0.1) is 0 Å². The van der Waals surface area contributed by atoms with Crippen LogP contribution in [-0.4, -0.2) is 50.3 Å². The summed E-state index contributed by atoms with van der Waals surface area (Å²) in [6.07, 6.45) is 2.32. The van der Waals surface area contributed by atoms with E-state index >= 15 is 0 Å². The van der Waals surface area contributed by atoms with Crippen molar-refractivity contribution in [3.8, 4) is 0 Å². The topological polar surface area (TPSA) is 119 Å². The summed E-state index contributed by atoms with van der Waals surface area (Å²) in [5, 5.41) is 21.9. The van der Waals surface area contributed by atoms with E-state index in [-0.39, 0.29) is 12.1 Å². The first-order valence-electron chi connectivity index (χ1n) is 5.24. The molecule has 1 amide bonds. The number of oxime groups is 1. The number of amides is 1. The fraction of sp³-hybridized carbons (Fsp3) is 0.444. The van der Waals surface area contributed by atoms with E-state index < -0.39 is 18.0 Å². The number of hydrogen-bond acceptors (Lipinski definition) is 6. The number of nitrogens with one attached hydrogen (secondary N) is 1. The summed E-state index contributed by atoms with van der Waals surface area (Å²) in [6, 6.07) is 0. The highest BCUT2D eigenvalue weighted by Crippen LogP contribution is 2.10. The minimum Gasteiger partial charge on any atom is -0.477 e. The lowest BCUT2D eigenvalue weighted by Gasteiger charge is -2.08. The van der Waals surface area contributed by atoms with Crippen LogP contribution in [0.4, 0.5) is 0 Å². The standard InChI is InChI=1S/C9H11N5O4/c15-8(7-5-6(9(16)17)12-18-7)10-1-3-14-4-2-11-13-14/h2,4,7H,1,3,5H2,(H,10,15)(H,16,17). The van der Waals surface area contributed by atoms with Gasteiger partial charge in [0.15, 0.2) is 5.71 Å². The first-order valence-corrected chi connectivity index (χ1v) is 5.24. The van der Waals surface area contributed by atoms with Crippen LogP contribution >= 0.6 is 0 Å². The molecule has 9 nitrogen and oxygen atoms in total. The molecular formula is C9H11N5O4. The van der Waals surface area contributed by atoms with Crippen LogP contribution in [0.3, 0.4) is 0 Å². The van der Waals surface area contributed by atoms with Crippen molar-refractivity contribution in [3.05, 3.63) is 12.4 Å². The minimum absolute atomic E-state index is 0.0233. The average Bonchev–Trinajstić information content (AvgIpc) is 2.99. The Balaban J connectivity index is 1.72. The van der Waals surface area contributed by atoms with Gasteiger partial charge in [-0.1, -0.05) is 10.4 Å². The van der Waals surface area contributed by atoms with Crippen molar-refractivity contribution in [3.63, 3.8) is 0 Å². The van der Waals surface area contributed by atoms with Crippen molar-refractivity contribution in [2.45, 2.75) is 19.1 Å². The van der Waals surface area contributed by atoms with E-state index in [0.717, 1.165) is 0 Å². The minimum atomic E-state index is -1.17. The molecule has 96 valence electrons. The van der Waals surface area contributed by atoms with Gasteiger partial charge in [-0.25, -0.2) is 4.79 Å². The number of carboxylic acid groups (broad SMARTS) is 1. The molecule has 1 aliphatic rings. The Morgan fingerprint density at radius 2 is 2.44 bits per heavy atom. The molecular weight excluding hydrogens is 242 g/mol. The summed E-state index contributed by atoms with van der Waals surface area (Å²) in [4.78, 5) is 26.9. The van der Waals surface area contributed by atoms with Gasteiger partial charge < -0.3 is 15.3 Å². The second-order valence-corrected chi connectivity index (χ2v) is 3.60. The van der Waals surface area contributed by atoms with Crippen molar-refractivity contribution in [2.24, 2.45) is 5.16 Å². The van der Waals surface area contributed by atoms with E-state index in [4.69, 9.17) is 9.94 Å². The average molecular weight is 253 g/mol. The van der Waals surface area contributed by atoms with Crippen molar-refractivity contribution in [1.82, 2.24) is 20.3 Å². The quantitative estimate of drug-likeness (QED) is 0.667. The van der Waals surface area contributed by atoms with E-state index in [1.54, 1.807) is 10.9 Å². The molecule has 0 bridgehead atoms. The van der Waals surface area contributed by atoms with Crippen LogP contribution in [-0.2, 0) is 21.0 Å². The molecule has 0 fully saturated rings. The lowest BCUT2D eigenvalue weighted by Crippen LogP contribution is -2.37. The SMILES string of the molecule is O=C(O)C1=NOC(C(=O)NCCn2ccnn2)C1. The van der Waals surface area contributed by atoms with Gasteiger partial charge in [0.2, 0.25) is 6.10 Å². The highest BCUT2D eigenvalue weighted by Gasteiger charge is 2.31. The van der Waals surface area contributed by atoms with Gasteiger partial charge in [-0.15, -0.1) is 5.10 Å². The molecule has 0 saturated heterocycles. The zero-order valence-electron chi connectivity index (χ0n) is 9.31. The monoisotopic (exact) mass is 253 g/mol. The Hall–Kier alpha value is -2.45. The second kappa shape index (κ2) is 5.25. The molecule has 18 heavy (non-hydrogen) atoms. The van der Waals surface area contributed by atoms with Crippen LogP contribution in [0.25, 0.3) is 0 Å². The summed E-state index contributed by atoms with van der Waals surface area (Å²) in [5.41, 5.74) is -0.147. The van der Waals surface area contributed by atoms with Crippen LogP contribution in [0.1, 0.15) is 6.42 Å². The van der Waals surface area contributed by atoms with Crippen molar-refractivity contribution in [1.29, 1.82) is 0 Å². The molecule has 2 N–H and O–H groups in total. The normalized spacial score (nSPS) is 18.0. The number of carbonyl (C=O) groups excluding carboxylic acids is 1. The smallest absolute Gasteiger partial charge is 0.353 e. The van der Waals surface area contributed by atoms with E-state index in [1.165, 1.54) is 6.20 Å². The number of aliphatic carboxylic acids is 1. The Kier molecular flexibility index (Phi) is 3.51. The van der Waals surface area contributed by atoms with Crippen LogP contribution in [0.2, 0.25) is 0 Å². The fourth-order valence-electron chi connectivity index (χ4n) is 1.40. The number of hydrogen-bond donors (Lipinski definition) is 2. The second-order valence-electron chi connectivity index (χ2n) is 3.60. The van der Waals surface area contributed by atoms with Gasteiger partial charge in [-0.2, -0.15) is 0 Å². The van der Waals surface area contributed by atoms with Crippen LogP contribution in [0.15, 0.2) is 17.5 Å².